The first kappa shape index (κ1) is 10.7. The second-order valence-corrected chi connectivity index (χ2v) is 3.02. The van der Waals surface area contributed by atoms with Crippen LogP contribution < -0.4 is 4.74 Å². The number of ether oxygens (including phenoxy) is 1. The summed E-state index contributed by atoms with van der Waals surface area (Å²) in [7, 11) is 0. The number of rotatable bonds is 2. The Hall–Kier alpha value is -1.34. The number of nitrogens with zero attached hydrogens (tertiary/aromatic N) is 1. The summed E-state index contributed by atoms with van der Waals surface area (Å²) in [6, 6.07) is 4.56. The molecule has 74 valence electrons. The number of nitriles is 1. The molecule has 0 radical (unpaired) electrons. The Morgan fingerprint density at radius 1 is 1.50 bits per heavy atom. The third-order valence-corrected chi connectivity index (χ3v) is 1.82. The Balaban J connectivity index is 3.20. The van der Waals surface area contributed by atoms with E-state index in [1.54, 1.807) is 13.0 Å². The van der Waals surface area contributed by atoms with Gasteiger partial charge in [0.2, 0.25) is 0 Å². The second-order valence-electron chi connectivity index (χ2n) is 2.61. The topological polar surface area (TPSA) is 33.0 Å². The summed E-state index contributed by atoms with van der Waals surface area (Å²) in [5.74, 6) is -0.187. The highest BCUT2D eigenvalue weighted by molar-refractivity contribution is 6.32. The molecule has 0 bridgehead atoms. The molecule has 0 fully saturated rings. The SMILES string of the molecule is Cc1cc(Cl)c(C#N)c(OC(F)F)c1. The molecule has 0 saturated carbocycles. The first-order valence-corrected chi connectivity index (χ1v) is 4.07. The largest absolute Gasteiger partial charge is 0.433 e. The van der Waals surface area contributed by atoms with Crippen LogP contribution in [0.4, 0.5) is 8.78 Å². The molecular weight excluding hydrogens is 212 g/mol. The Labute approximate surface area is 84.7 Å². The lowest BCUT2D eigenvalue weighted by atomic mass is 10.1. The third-order valence-electron chi connectivity index (χ3n) is 1.53. The Bertz CT molecular complexity index is 387. The van der Waals surface area contributed by atoms with Gasteiger partial charge in [-0.05, 0) is 24.6 Å². The molecule has 14 heavy (non-hydrogen) atoms. The van der Waals surface area contributed by atoms with E-state index in [-0.39, 0.29) is 16.3 Å². The van der Waals surface area contributed by atoms with Crippen LogP contribution in [0.25, 0.3) is 0 Å². The van der Waals surface area contributed by atoms with Crippen molar-refractivity contribution in [3.05, 3.63) is 28.3 Å². The van der Waals surface area contributed by atoms with Gasteiger partial charge >= 0.3 is 6.61 Å². The summed E-state index contributed by atoms with van der Waals surface area (Å²) in [5, 5.41) is 8.76. The number of halogens is 3. The molecule has 5 heteroatoms. The highest BCUT2D eigenvalue weighted by Gasteiger charge is 2.13. The fraction of sp³-hybridized carbons (Fsp3) is 0.222. The zero-order valence-corrected chi connectivity index (χ0v) is 7.98. The summed E-state index contributed by atoms with van der Waals surface area (Å²) in [4.78, 5) is 0. The molecule has 0 aliphatic heterocycles. The van der Waals surface area contributed by atoms with Gasteiger partial charge in [-0.3, -0.25) is 0 Å². The van der Waals surface area contributed by atoms with E-state index in [0.29, 0.717) is 5.56 Å². The van der Waals surface area contributed by atoms with Crippen LogP contribution in [0, 0.1) is 18.3 Å². The predicted molar refractivity (Wildman–Crippen MR) is 47.5 cm³/mol. The highest BCUT2D eigenvalue weighted by Crippen LogP contribution is 2.28. The van der Waals surface area contributed by atoms with E-state index in [1.165, 1.54) is 12.1 Å². The molecule has 0 amide bonds. The van der Waals surface area contributed by atoms with E-state index in [1.807, 2.05) is 0 Å². The van der Waals surface area contributed by atoms with Gasteiger partial charge in [0.05, 0.1) is 5.02 Å². The third kappa shape index (κ3) is 2.33. The molecule has 0 aliphatic carbocycles. The van der Waals surface area contributed by atoms with Gasteiger partial charge in [-0.25, -0.2) is 0 Å². The van der Waals surface area contributed by atoms with Crippen molar-refractivity contribution in [3.63, 3.8) is 0 Å². The summed E-state index contributed by atoms with van der Waals surface area (Å²) in [5.41, 5.74) is 0.585. The van der Waals surface area contributed by atoms with Crippen molar-refractivity contribution < 1.29 is 13.5 Å². The smallest absolute Gasteiger partial charge is 0.387 e. The molecule has 1 rings (SSSR count). The molecular formula is C9H6ClF2NO. The Morgan fingerprint density at radius 3 is 2.64 bits per heavy atom. The van der Waals surface area contributed by atoms with Gasteiger partial charge in [-0.15, -0.1) is 0 Å². The monoisotopic (exact) mass is 217 g/mol. The number of alkyl halides is 2. The normalized spacial score (nSPS) is 10.0. The van der Waals surface area contributed by atoms with E-state index in [4.69, 9.17) is 16.9 Å². The van der Waals surface area contributed by atoms with Crippen LogP contribution in [0.3, 0.4) is 0 Å². The first-order valence-electron chi connectivity index (χ1n) is 3.69. The molecule has 1 aromatic carbocycles. The van der Waals surface area contributed by atoms with E-state index in [0.717, 1.165) is 0 Å². The standard InChI is InChI=1S/C9H6ClF2NO/c1-5-2-7(10)6(4-13)8(3-5)14-9(11)12/h2-3,9H,1H3. The summed E-state index contributed by atoms with van der Waals surface area (Å²) < 4.78 is 28.0. The summed E-state index contributed by atoms with van der Waals surface area (Å²) in [6.07, 6.45) is 0. The Kier molecular flexibility index (Phi) is 3.26. The van der Waals surface area contributed by atoms with Gasteiger partial charge in [-0.1, -0.05) is 11.6 Å². The van der Waals surface area contributed by atoms with Crippen LogP contribution in [0.2, 0.25) is 5.02 Å². The van der Waals surface area contributed by atoms with Crippen LogP contribution >= 0.6 is 11.6 Å². The van der Waals surface area contributed by atoms with Gasteiger partial charge in [0.25, 0.3) is 0 Å². The molecule has 2 nitrogen and oxygen atoms in total. The maximum Gasteiger partial charge on any atom is 0.387 e. The molecule has 0 atom stereocenters. The quantitative estimate of drug-likeness (QED) is 0.763. The van der Waals surface area contributed by atoms with Crippen molar-refractivity contribution in [2.45, 2.75) is 13.5 Å². The average Bonchev–Trinajstić information content (AvgIpc) is 2.01. The predicted octanol–water partition coefficient (Wildman–Crippen LogP) is 3.12. The minimum Gasteiger partial charge on any atom is -0.433 e. The number of benzene rings is 1. The fourth-order valence-corrected chi connectivity index (χ4v) is 1.32. The molecule has 0 aromatic heterocycles. The lowest BCUT2D eigenvalue weighted by Gasteiger charge is -2.08. The van der Waals surface area contributed by atoms with E-state index >= 15 is 0 Å². The maximum atomic E-state index is 11.9. The maximum absolute atomic E-state index is 11.9. The zero-order valence-electron chi connectivity index (χ0n) is 7.22. The van der Waals surface area contributed by atoms with Crippen molar-refractivity contribution in [1.82, 2.24) is 0 Å². The van der Waals surface area contributed by atoms with Gasteiger partial charge in [0.15, 0.2) is 0 Å². The van der Waals surface area contributed by atoms with Gasteiger partial charge < -0.3 is 4.74 Å². The molecule has 0 saturated heterocycles. The fourth-order valence-electron chi connectivity index (χ4n) is 1.01. The van der Waals surface area contributed by atoms with Crippen LogP contribution in [0.5, 0.6) is 5.75 Å². The molecule has 0 aliphatic rings. The molecule has 1 aromatic rings. The lowest BCUT2D eigenvalue weighted by molar-refractivity contribution is -0.0500. The molecule has 0 heterocycles. The number of hydrogen-bond acceptors (Lipinski definition) is 2. The van der Waals surface area contributed by atoms with E-state index < -0.39 is 6.61 Å². The minimum absolute atomic E-state index is 0.0717. The van der Waals surface area contributed by atoms with E-state index in [2.05, 4.69) is 4.74 Å². The Morgan fingerprint density at radius 2 is 2.14 bits per heavy atom. The van der Waals surface area contributed by atoms with Gasteiger partial charge in [0, 0.05) is 0 Å². The average molecular weight is 218 g/mol. The zero-order chi connectivity index (χ0) is 10.7. The van der Waals surface area contributed by atoms with Crippen molar-refractivity contribution in [1.29, 1.82) is 5.26 Å². The van der Waals surface area contributed by atoms with Crippen molar-refractivity contribution in [3.8, 4) is 11.8 Å². The number of aryl methyl sites for hydroxylation is 1. The van der Waals surface area contributed by atoms with E-state index in [9.17, 15) is 8.78 Å². The van der Waals surface area contributed by atoms with Gasteiger partial charge in [-0.2, -0.15) is 14.0 Å². The van der Waals surface area contributed by atoms with Gasteiger partial charge in [0.1, 0.15) is 17.4 Å². The summed E-state index contributed by atoms with van der Waals surface area (Å²) in [6.45, 7) is -1.29. The highest BCUT2D eigenvalue weighted by atomic mass is 35.5. The van der Waals surface area contributed by atoms with Crippen molar-refractivity contribution >= 4 is 11.6 Å². The first-order chi connectivity index (χ1) is 6.54. The number of hydrogen-bond donors (Lipinski definition) is 0. The minimum atomic E-state index is -2.96. The molecule has 0 N–H and O–H groups in total. The summed E-state index contributed by atoms with van der Waals surface area (Å²) >= 11 is 5.67. The van der Waals surface area contributed by atoms with Crippen LogP contribution in [0.15, 0.2) is 12.1 Å². The van der Waals surface area contributed by atoms with Crippen LogP contribution in [0.1, 0.15) is 11.1 Å². The molecule has 0 spiro atoms. The lowest BCUT2D eigenvalue weighted by Crippen LogP contribution is -2.04. The second kappa shape index (κ2) is 4.25. The van der Waals surface area contributed by atoms with Crippen molar-refractivity contribution in [2.75, 3.05) is 0 Å². The van der Waals surface area contributed by atoms with Crippen LogP contribution in [-0.4, -0.2) is 6.61 Å². The molecule has 0 unspecified atom stereocenters. The van der Waals surface area contributed by atoms with Crippen molar-refractivity contribution in [2.24, 2.45) is 0 Å². The van der Waals surface area contributed by atoms with Crippen LogP contribution in [-0.2, 0) is 0 Å².